The van der Waals surface area contributed by atoms with Gasteiger partial charge < -0.3 is 9.84 Å². The minimum absolute atomic E-state index is 0.0415. The van der Waals surface area contributed by atoms with E-state index in [9.17, 15) is 5.11 Å². The lowest BCUT2D eigenvalue weighted by molar-refractivity contribution is -0.157. The molecule has 0 aromatic heterocycles. The summed E-state index contributed by atoms with van der Waals surface area (Å²) >= 11 is 0. The van der Waals surface area contributed by atoms with Crippen molar-refractivity contribution in [1.82, 2.24) is 4.90 Å². The fraction of sp³-hybridized carbons (Fsp3) is 1.00. The molecule has 2 aliphatic rings. The predicted molar refractivity (Wildman–Crippen MR) is 59.8 cm³/mol. The highest BCUT2D eigenvalue weighted by Gasteiger charge is 2.42. The Kier molecular flexibility index (Phi) is 3.33. The average Bonchev–Trinajstić information content (AvgIpc) is 2.05. The molecule has 2 fully saturated rings. The minimum Gasteiger partial charge on any atom is -0.396 e. The van der Waals surface area contributed by atoms with Gasteiger partial charge >= 0.3 is 0 Å². The summed E-state index contributed by atoms with van der Waals surface area (Å²) in [5.74, 6) is 0. The van der Waals surface area contributed by atoms with Crippen molar-refractivity contribution in [3.05, 3.63) is 0 Å². The van der Waals surface area contributed by atoms with E-state index in [1.165, 1.54) is 19.3 Å². The van der Waals surface area contributed by atoms with Crippen LogP contribution in [0, 0.1) is 5.41 Å². The molecule has 0 unspecified atom stereocenters. The third-order valence-corrected chi connectivity index (χ3v) is 3.88. The van der Waals surface area contributed by atoms with Crippen LogP contribution in [0.25, 0.3) is 0 Å². The van der Waals surface area contributed by atoms with Gasteiger partial charge in [-0.25, -0.2) is 0 Å². The predicted octanol–water partition coefficient (Wildman–Crippen LogP) is 1.26. The minimum atomic E-state index is 0.0415. The van der Waals surface area contributed by atoms with Gasteiger partial charge in [0.05, 0.1) is 25.2 Å². The summed E-state index contributed by atoms with van der Waals surface area (Å²) in [7, 11) is 0. The van der Waals surface area contributed by atoms with Crippen LogP contribution in [0.15, 0.2) is 0 Å². The molecule has 0 atom stereocenters. The first-order chi connectivity index (χ1) is 7.17. The Bertz CT molecular complexity index is 204. The Morgan fingerprint density at radius 1 is 1.40 bits per heavy atom. The normalized spacial score (nSPS) is 25.4. The Morgan fingerprint density at radius 2 is 2.07 bits per heavy atom. The quantitative estimate of drug-likeness (QED) is 0.746. The standard InChI is InChI=1S/C12H23NO2/c1-10(2)13(11-4-3-5-11)6-12(7-14)8-15-9-12/h10-11,14H,3-9H2,1-2H3. The number of rotatable bonds is 5. The second kappa shape index (κ2) is 4.40. The van der Waals surface area contributed by atoms with Crippen molar-refractivity contribution in [3.8, 4) is 0 Å². The fourth-order valence-electron chi connectivity index (χ4n) is 2.46. The topological polar surface area (TPSA) is 32.7 Å². The molecule has 1 N–H and O–H groups in total. The van der Waals surface area contributed by atoms with Crippen molar-refractivity contribution in [2.45, 2.75) is 45.2 Å². The third-order valence-electron chi connectivity index (χ3n) is 3.88. The molecule has 1 aliphatic heterocycles. The van der Waals surface area contributed by atoms with Gasteiger partial charge in [-0.1, -0.05) is 6.42 Å². The van der Waals surface area contributed by atoms with Crippen LogP contribution in [-0.2, 0) is 4.74 Å². The van der Waals surface area contributed by atoms with Crippen molar-refractivity contribution in [2.24, 2.45) is 5.41 Å². The Morgan fingerprint density at radius 3 is 2.33 bits per heavy atom. The highest BCUT2D eigenvalue weighted by molar-refractivity contribution is 4.92. The van der Waals surface area contributed by atoms with Crippen LogP contribution in [0.3, 0.4) is 0 Å². The maximum absolute atomic E-state index is 9.43. The third kappa shape index (κ3) is 2.19. The van der Waals surface area contributed by atoms with Gasteiger partial charge in [0.15, 0.2) is 0 Å². The molecule has 0 spiro atoms. The van der Waals surface area contributed by atoms with Crippen LogP contribution in [0.2, 0.25) is 0 Å². The van der Waals surface area contributed by atoms with Crippen molar-refractivity contribution in [1.29, 1.82) is 0 Å². The first-order valence-electron chi connectivity index (χ1n) is 6.11. The van der Waals surface area contributed by atoms with Crippen molar-refractivity contribution in [2.75, 3.05) is 26.4 Å². The summed E-state index contributed by atoms with van der Waals surface area (Å²) in [5.41, 5.74) is 0.0415. The van der Waals surface area contributed by atoms with Crippen LogP contribution in [0.5, 0.6) is 0 Å². The molecule has 88 valence electrons. The molecule has 0 aromatic rings. The average molecular weight is 213 g/mol. The Labute approximate surface area is 92.4 Å². The van der Waals surface area contributed by atoms with E-state index in [4.69, 9.17) is 4.74 Å². The monoisotopic (exact) mass is 213 g/mol. The summed E-state index contributed by atoms with van der Waals surface area (Å²) < 4.78 is 5.25. The van der Waals surface area contributed by atoms with Gasteiger partial charge in [0, 0.05) is 18.6 Å². The van der Waals surface area contributed by atoms with E-state index >= 15 is 0 Å². The molecule has 0 radical (unpaired) electrons. The van der Waals surface area contributed by atoms with Gasteiger partial charge in [0.2, 0.25) is 0 Å². The molecule has 1 heterocycles. The molecule has 1 aliphatic carbocycles. The van der Waals surface area contributed by atoms with E-state index < -0.39 is 0 Å². The van der Waals surface area contributed by atoms with Gasteiger partial charge in [0.25, 0.3) is 0 Å². The number of aliphatic hydroxyl groups is 1. The summed E-state index contributed by atoms with van der Waals surface area (Å²) in [6.07, 6.45) is 4.04. The summed E-state index contributed by atoms with van der Waals surface area (Å²) in [6.45, 7) is 7.25. The van der Waals surface area contributed by atoms with Crippen molar-refractivity contribution < 1.29 is 9.84 Å². The van der Waals surface area contributed by atoms with Crippen molar-refractivity contribution in [3.63, 3.8) is 0 Å². The largest absolute Gasteiger partial charge is 0.396 e. The first kappa shape index (κ1) is 11.4. The van der Waals surface area contributed by atoms with E-state index in [0.29, 0.717) is 6.04 Å². The number of hydrogen-bond donors (Lipinski definition) is 1. The summed E-state index contributed by atoms with van der Waals surface area (Å²) in [6, 6.07) is 1.34. The number of ether oxygens (including phenoxy) is 1. The number of hydrogen-bond acceptors (Lipinski definition) is 3. The second-order valence-corrected chi connectivity index (χ2v) is 5.50. The summed E-state index contributed by atoms with van der Waals surface area (Å²) in [4.78, 5) is 2.56. The van der Waals surface area contributed by atoms with Crippen LogP contribution < -0.4 is 0 Å². The molecule has 0 aromatic carbocycles. The highest BCUT2D eigenvalue weighted by atomic mass is 16.5. The van der Waals surface area contributed by atoms with Gasteiger partial charge in [-0.2, -0.15) is 0 Å². The lowest BCUT2D eigenvalue weighted by Gasteiger charge is -2.48. The van der Waals surface area contributed by atoms with Crippen LogP contribution >= 0.6 is 0 Å². The maximum atomic E-state index is 9.43. The molecular weight excluding hydrogens is 190 g/mol. The molecular formula is C12H23NO2. The highest BCUT2D eigenvalue weighted by Crippen LogP contribution is 2.33. The molecule has 0 amide bonds. The Hall–Kier alpha value is -0.120. The van der Waals surface area contributed by atoms with Crippen LogP contribution in [0.4, 0.5) is 0 Å². The molecule has 1 saturated heterocycles. The molecule has 3 heteroatoms. The molecule has 3 nitrogen and oxygen atoms in total. The molecule has 15 heavy (non-hydrogen) atoms. The van der Waals surface area contributed by atoms with Crippen LogP contribution in [-0.4, -0.2) is 48.5 Å². The van der Waals surface area contributed by atoms with Crippen LogP contribution in [0.1, 0.15) is 33.1 Å². The zero-order valence-corrected chi connectivity index (χ0v) is 9.91. The number of aliphatic hydroxyl groups excluding tert-OH is 1. The Balaban J connectivity index is 1.93. The number of nitrogens with zero attached hydrogens (tertiary/aromatic N) is 1. The van der Waals surface area contributed by atoms with Gasteiger partial charge in [-0.15, -0.1) is 0 Å². The van der Waals surface area contributed by atoms with E-state index in [0.717, 1.165) is 25.8 Å². The van der Waals surface area contributed by atoms with Gasteiger partial charge in [-0.3, -0.25) is 4.90 Å². The van der Waals surface area contributed by atoms with E-state index in [1.807, 2.05) is 0 Å². The smallest absolute Gasteiger partial charge is 0.0579 e. The molecule has 2 rings (SSSR count). The first-order valence-corrected chi connectivity index (χ1v) is 6.11. The lowest BCUT2D eigenvalue weighted by atomic mass is 9.83. The maximum Gasteiger partial charge on any atom is 0.0579 e. The zero-order chi connectivity index (χ0) is 10.9. The SMILES string of the molecule is CC(C)N(CC1(CO)COC1)C1CCC1. The molecule has 0 bridgehead atoms. The fourth-order valence-corrected chi connectivity index (χ4v) is 2.46. The zero-order valence-electron chi connectivity index (χ0n) is 9.91. The lowest BCUT2D eigenvalue weighted by Crippen LogP contribution is -2.57. The van der Waals surface area contributed by atoms with Gasteiger partial charge in [-0.05, 0) is 26.7 Å². The second-order valence-electron chi connectivity index (χ2n) is 5.50. The van der Waals surface area contributed by atoms with Crippen molar-refractivity contribution >= 4 is 0 Å². The van der Waals surface area contributed by atoms with E-state index in [-0.39, 0.29) is 12.0 Å². The van der Waals surface area contributed by atoms with E-state index in [1.54, 1.807) is 0 Å². The summed E-state index contributed by atoms with van der Waals surface area (Å²) in [5, 5.41) is 9.43. The van der Waals surface area contributed by atoms with Gasteiger partial charge in [0.1, 0.15) is 0 Å². The van der Waals surface area contributed by atoms with E-state index in [2.05, 4.69) is 18.7 Å². The molecule has 1 saturated carbocycles.